The van der Waals surface area contributed by atoms with Crippen LogP contribution >= 0.6 is 0 Å². The maximum absolute atomic E-state index is 12.4. The molecule has 1 aromatic rings. The number of nitro groups is 1. The molecule has 180 valence electrons. The van der Waals surface area contributed by atoms with Crippen molar-refractivity contribution >= 4 is 20.2 Å². The van der Waals surface area contributed by atoms with Gasteiger partial charge in [-0.3, -0.25) is 10.1 Å². The van der Waals surface area contributed by atoms with Crippen molar-refractivity contribution in [3.8, 4) is 5.75 Å². The minimum Gasteiger partial charge on any atom is -0.425 e. The van der Waals surface area contributed by atoms with Gasteiger partial charge in [0.1, 0.15) is 11.9 Å². The van der Waals surface area contributed by atoms with Crippen molar-refractivity contribution in [3.05, 3.63) is 34.4 Å². The van der Waals surface area contributed by atoms with Crippen LogP contribution < -0.4 is 4.74 Å². The number of hydrogen-bond donors (Lipinski definition) is 1. The molecule has 1 unspecified atom stereocenters. The average molecular weight is 474 g/mol. The van der Waals surface area contributed by atoms with Gasteiger partial charge in [0.05, 0.1) is 18.1 Å². The first-order valence-electron chi connectivity index (χ1n) is 10.1. The summed E-state index contributed by atoms with van der Waals surface area (Å²) in [6, 6.07) is 4.99. The maximum atomic E-state index is 12.4. The zero-order valence-electron chi connectivity index (χ0n) is 19.1. The van der Waals surface area contributed by atoms with E-state index in [0.717, 1.165) is 0 Å². The van der Waals surface area contributed by atoms with Crippen LogP contribution in [0.25, 0.3) is 0 Å². The number of nitro benzene ring substituents is 1. The Labute approximate surface area is 187 Å². The van der Waals surface area contributed by atoms with Crippen molar-refractivity contribution < 1.29 is 42.9 Å². The molecule has 0 bridgehead atoms. The molecule has 0 amide bonds. The first kappa shape index (κ1) is 26.2. The quantitative estimate of drug-likeness (QED) is 0.197. The molecule has 1 heterocycles. The highest BCUT2D eigenvalue weighted by Crippen LogP contribution is 2.37. The summed E-state index contributed by atoms with van der Waals surface area (Å²) >= 11 is 0. The number of ether oxygens (including phenoxy) is 5. The van der Waals surface area contributed by atoms with E-state index in [-0.39, 0.29) is 29.7 Å². The van der Waals surface area contributed by atoms with Crippen LogP contribution in [0, 0.1) is 10.1 Å². The predicted octanol–water partition coefficient (Wildman–Crippen LogP) is 3.21. The lowest BCUT2D eigenvalue weighted by Crippen LogP contribution is -2.53. The Morgan fingerprint density at radius 2 is 1.94 bits per heavy atom. The molecule has 0 aliphatic carbocycles. The lowest BCUT2D eigenvalue weighted by molar-refractivity contribution is -0.384. The molecule has 0 saturated carbocycles. The summed E-state index contributed by atoms with van der Waals surface area (Å²) in [6.07, 6.45) is -5.15. The van der Waals surface area contributed by atoms with E-state index in [2.05, 4.69) is 20.8 Å². The summed E-state index contributed by atoms with van der Waals surface area (Å²) in [7, 11) is -0.822. The highest BCUT2D eigenvalue weighted by atomic mass is 28.4. The topological polar surface area (TPSA) is 136 Å². The number of hydrogen-bond acceptors (Lipinski definition) is 10. The van der Waals surface area contributed by atoms with Crippen LogP contribution in [0.1, 0.15) is 20.8 Å². The smallest absolute Gasteiger partial charge is 0.425 e. The van der Waals surface area contributed by atoms with Crippen LogP contribution in [-0.2, 0) is 23.4 Å². The molecule has 1 saturated heterocycles. The van der Waals surface area contributed by atoms with Gasteiger partial charge in [0.2, 0.25) is 12.6 Å². The normalized spacial score (nSPS) is 22.8. The molecule has 11 nitrogen and oxygen atoms in total. The molecule has 32 heavy (non-hydrogen) atoms. The Balaban J connectivity index is 2.09. The number of benzene rings is 1. The van der Waals surface area contributed by atoms with Crippen LogP contribution in [0.4, 0.5) is 10.5 Å². The van der Waals surface area contributed by atoms with Crippen LogP contribution in [-0.4, -0.2) is 69.6 Å². The second kappa shape index (κ2) is 10.7. The van der Waals surface area contributed by atoms with E-state index in [1.165, 1.54) is 31.4 Å². The summed E-state index contributed by atoms with van der Waals surface area (Å²) in [5, 5.41) is 20.7. The summed E-state index contributed by atoms with van der Waals surface area (Å²) < 4.78 is 32.7. The molecule has 0 aromatic heterocycles. The van der Waals surface area contributed by atoms with Crippen LogP contribution in [0.3, 0.4) is 0 Å². The van der Waals surface area contributed by atoms with E-state index in [1.54, 1.807) is 0 Å². The Kier molecular flexibility index (Phi) is 8.73. The number of aliphatic hydroxyl groups is 1. The largest absolute Gasteiger partial charge is 0.514 e. The van der Waals surface area contributed by atoms with Crippen molar-refractivity contribution in [2.75, 3.05) is 20.3 Å². The van der Waals surface area contributed by atoms with Gasteiger partial charge in [-0.2, -0.15) is 0 Å². The molecule has 2 rings (SSSR count). The third kappa shape index (κ3) is 6.95. The Hall–Kier alpha value is -2.09. The van der Waals surface area contributed by atoms with E-state index in [9.17, 15) is 20.0 Å². The molecule has 4 atom stereocenters. The van der Waals surface area contributed by atoms with Crippen molar-refractivity contribution in [3.63, 3.8) is 0 Å². The molecule has 1 aromatic carbocycles. The number of carbonyl (C=O) groups excluding carboxylic acids is 1. The third-order valence-electron chi connectivity index (χ3n) is 5.53. The van der Waals surface area contributed by atoms with Gasteiger partial charge in [-0.15, -0.1) is 0 Å². The minimum absolute atomic E-state index is 0.00422. The van der Waals surface area contributed by atoms with E-state index in [0.29, 0.717) is 0 Å². The second-order valence-corrected chi connectivity index (χ2v) is 13.6. The minimum atomic E-state index is -2.19. The summed E-state index contributed by atoms with van der Waals surface area (Å²) in [4.78, 5) is 22.6. The van der Waals surface area contributed by atoms with Crippen LogP contribution in [0.5, 0.6) is 5.75 Å². The predicted molar refractivity (Wildman–Crippen MR) is 115 cm³/mol. The summed E-state index contributed by atoms with van der Waals surface area (Å²) in [5.74, 6) is 0.0740. The van der Waals surface area contributed by atoms with Crippen molar-refractivity contribution in [2.24, 2.45) is 0 Å². The molecular formula is C20H31NO10Si. The van der Waals surface area contributed by atoms with E-state index in [1.807, 2.05) is 13.1 Å². The fraction of sp³-hybridized carbons (Fsp3) is 0.650. The van der Waals surface area contributed by atoms with Gasteiger partial charge in [-0.05, 0) is 30.3 Å². The second-order valence-electron chi connectivity index (χ2n) is 8.83. The zero-order valence-corrected chi connectivity index (χ0v) is 20.1. The number of nitrogens with zero attached hydrogens (tertiary/aromatic N) is 1. The first-order chi connectivity index (χ1) is 14.8. The average Bonchev–Trinajstić information content (AvgIpc) is 2.70. The van der Waals surface area contributed by atoms with E-state index < -0.39 is 44.2 Å². The van der Waals surface area contributed by atoms with Gasteiger partial charge < -0.3 is 33.2 Å². The number of non-ortho nitro benzene ring substituents is 1. The van der Waals surface area contributed by atoms with Gasteiger partial charge in [0.15, 0.2) is 14.4 Å². The molecule has 0 spiro atoms. The highest BCUT2D eigenvalue weighted by molar-refractivity contribution is 6.74. The molecule has 1 aliphatic rings. The highest BCUT2D eigenvalue weighted by Gasteiger charge is 2.41. The fourth-order valence-electron chi connectivity index (χ4n) is 2.54. The van der Waals surface area contributed by atoms with Crippen molar-refractivity contribution in [1.29, 1.82) is 0 Å². The standard InChI is InChI=1S/C20H31NO10Si/c1-20(2,3)32(5,6)28-12-16(15-11-27-18(26-4)17(22)30-15)31-19(23)29-14-9-7-13(8-10-14)21(24)25/h7-10,15-18,22H,11-12H2,1-6H3/t15-,16-,17?,18-/m1/s1. The molecule has 1 N–H and O–H groups in total. The van der Waals surface area contributed by atoms with E-state index >= 15 is 0 Å². The molecular weight excluding hydrogens is 442 g/mol. The number of carbonyl (C=O) groups is 1. The summed E-state index contributed by atoms with van der Waals surface area (Å²) in [6.45, 7) is 10.3. The van der Waals surface area contributed by atoms with Gasteiger partial charge in [0, 0.05) is 19.2 Å². The monoisotopic (exact) mass is 473 g/mol. The van der Waals surface area contributed by atoms with Gasteiger partial charge in [-0.25, -0.2) is 4.79 Å². The third-order valence-corrected chi connectivity index (χ3v) is 10.0. The lowest BCUT2D eigenvalue weighted by atomic mass is 10.2. The number of rotatable bonds is 8. The summed E-state index contributed by atoms with van der Waals surface area (Å²) in [5.41, 5.74) is -0.138. The van der Waals surface area contributed by atoms with Crippen molar-refractivity contribution in [1.82, 2.24) is 0 Å². The Morgan fingerprint density at radius 1 is 1.31 bits per heavy atom. The van der Waals surface area contributed by atoms with Crippen molar-refractivity contribution in [2.45, 2.75) is 63.7 Å². The zero-order chi connectivity index (χ0) is 24.1. The Bertz CT molecular complexity index is 780. The van der Waals surface area contributed by atoms with Gasteiger partial charge >= 0.3 is 6.16 Å². The van der Waals surface area contributed by atoms with E-state index in [4.69, 9.17) is 28.1 Å². The van der Waals surface area contributed by atoms with Gasteiger partial charge in [0.25, 0.3) is 5.69 Å². The number of methoxy groups -OCH3 is 1. The fourth-order valence-corrected chi connectivity index (χ4v) is 3.55. The van der Waals surface area contributed by atoms with Gasteiger partial charge in [-0.1, -0.05) is 20.8 Å². The SMILES string of the molecule is CO[C@@H]1OC[C@H]([C@@H](CO[Si](C)(C)C(C)(C)C)OC(=O)Oc2ccc([N+](=O)[O-])cc2)OC1O. The molecule has 0 radical (unpaired) electrons. The molecule has 1 aliphatic heterocycles. The first-order valence-corrected chi connectivity index (χ1v) is 13.0. The number of aliphatic hydroxyl groups excluding tert-OH is 1. The Morgan fingerprint density at radius 3 is 2.44 bits per heavy atom. The molecule has 12 heteroatoms. The van der Waals surface area contributed by atoms with Crippen LogP contribution in [0.15, 0.2) is 24.3 Å². The lowest BCUT2D eigenvalue weighted by Gasteiger charge is -2.39. The maximum Gasteiger partial charge on any atom is 0.514 e. The van der Waals surface area contributed by atoms with Crippen LogP contribution in [0.2, 0.25) is 18.1 Å². The molecule has 1 fully saturated rings.